The van der Waals surface area contributed by atoms with Gasteiger partial charge in [-0.1, -0.05) is 63.1 Å². The average Bonchev–Trinajstić information content (AvgIpc) is 2.49. The van der Waals surface area contributed by atoms with Crippen molar-refractivity contribution < 1.29 is 0 Å². The zero-order valence-electron chi connectivity index (χ0n) is 12.5. The van der Waals surface area contributed by atoms with E-state index in [9.17, 15) is 0 Å². The third kappa shape index (κ3) is 4.89. The topological polar surface area (TPSA) is 3.24 Å². The molecule has 1 aliphatic carbocycles. The Labute approximate surface area is 119 Å². The molecule has 19 heavy (non-hydrogen) atoms. The van der Waals surface area contributed by atoms with Crippen molar-refractivity contribution in [3.8, 4) is 0 Å². The summed E-state index contributed by atoms with van der Waals surface area (Å²) in [5, 5.41) is 0. The molecule has 1 saturated carbocycles. The van der Waals surface area contributed by atoms with E-state index in [1.807, 2.05) is 0 Å². The number of nitrogens with zero attached hydrogens (tertiary/aromatic N) is 1. The minimum Gasteiger partial charge on any atom is -0.372 e. The Kier molecular flexibility index (Phi) is 6.26. The maximum Gasteiger partial charge on any atom is 0.0366 e. The van der Waals surface area contributed by atoms with Gasteiger partial charge in [0.25, 0.3) is 0 Å². The molecule has 0 bridgehead atoms. The van der Waals surface area contributed by atoms with Crippen LogP contribution in [0, 0.1) is 5.92 Å². The number of para-hydroxylation sites is 1. The normalized spacial score (nSPS) is 16.5. The minimum absolute atomic E-state index is 1.04. The molecule has 1 aromatic carbocycles. The SMILES string of the molecule is CCN(CCCCC1CCCCC1)c1ccccc1. The molecule has 0 aliphatic heterocycles. The number of unbranched alkanes of at least 4 members (excludes halogenated alkanes) is 1. The van der Waals surface area contributed by atoms with E-state index in [0.29, 0.717) is 0 Å². The third-order valence-electron chi connectivity index (χ3n) is 4.52. The van der Waals surface area contributed by atoms with Crippen molar-refractivity contribution in [1.29, 1.82) is 0 Å². The molecule has 2 rings (SSSR count). The molecule has 0 aromatic heterocycles. The fourth-order valence-electron chi connectivity index (χ4n) is 3.32. The zero-order valence-corrected chi connectivity index (χ0v) is 12.5. The van der Waals surface area contributed by atoms with Gasteiger partial charge in [-0.3, -0.25) is 0 Å². The van der Waals surface area contributed by atoms with E-state index >= 15 is 0 Å². The summed E-state index contributed by atoms with van der Waals surface area (Å²) < 4.78 is 0. The van der Waals surface area contributed by atoms with E-state index < -0.39 is 0 Å². The van der Waals surface area contributed by atoms with Crippen LogP contribution in [0.1, 0.15) is 58.3 Å². The van der Waals surface area contributed by atoms with Gasteiger partial charge in [-0.25, -0.2) is 0 Å². The van der Waals surface area contributed by atoms with Crippen LogP contribution < -0.4 is 4.90 Å². The summed E-state index contributed by atoms with van der Waals surface area (Å²) in [5.41, 5.74) is 1.38. The van der Waals surface area contributed by atoms with Crippen LogP contribution in [0.4, 0.5) is 5.69 Å². The Bertz CT molecular complexity index is 327. The molecule has 0 atom stereocenters. The van der Waals surface area contributed by atoms with Gasteiger partial charge in [-0.15, -0.1) is 0 Å². The zero-order chi connectivity index (χ0) is 13.3. The van der Waals surface area contributed by atoms with Crippen LogP contribution in [0.3, 0.4) is 0 Å². The molecule has 1 aromatic rings. The summed E-state index contributed by atoms with van der Waals surface area (Å²) in [7, 11) is 0. The summed E-state index contributed by atoms with van der Waals surface area (Å²) in [6.45, 7) is 4.59. The van der Waals surface area contributed by atoms with Crippen molar-refractivity contribution in [1.82, 2.24) is 0 Å². The van der Waals surface area contributed by atoms with Gasteiger partial charge in [0.1, 0.15) is 0 Å². The van der Waals surface area contributed by atoms with Crippen LogP contribution in [-0.4, -0.2) is 13.1 Å². The molecule has 0 saturated heterocycles. The second-order valence-corrected chi connectivity index (χ2v) is 5.92. The highest BCUT2D eigenvalue weighted by Crippen LogP contribution is 2.27. The van der Waals surface area contributed by atoms with Gasteiger partial charge in [0.05, 0.1) is 0 Å². The number of hydrogen-bond donors (Lipinski definition) is 0. The molecule has 0 N–H and O–H groups in total. The highest BCUT2D eigenvalue weighted by atomic mass is 15.1. The molecular formula is C18H29N. The first-order valence-corrected chi connectivity index (χ1v) is 8.20. The smallest absolute Gasteiger partial charge is 0.0366 e. The van der Waals surface area contributed by atoms with Crippen LogP contribution >= 0.6 is 0 Å². The second-order valence-electron chi connectivity index (χ2n) is 5.92. The first-order valence-electron chi connectivity index (χ1n) is 8.20. The van der Waals surface area contributed by atoms with E-state index in [-0.39, 0.29) is 0 Å². The van der Waals surface area contributed by atoms with Crippen molar-refractivity contribution in [3.63, 3.8) is 0 Å². The van der Waals surface area contributed by atoms with Crippen molar-refractivity contribution in [2.24, 2.45) is 5.92 Å². The van der Waals surface area contributed by atoms with Gasteiger partial charge in [0.15, 0.2) is 0 Å². The van der Waals surface area contributed by atoms with Gasteiger partial charge in [-0.05, 0) is 31.4 Å². The van der Waals surface area contributed by atoms with Crippen LogP contribution in [0.5, 0.6) is 0 Å². The Balaban J connectivity index is 1.66. The minimum atomic E-state index is 1.04. The lowest BCUT2D eigenvalue weighted by molar-refractivity contribution is 0.330. The van der Waals surface area contributed by atoms with E-state index in [1.54, 1.807) is 0 Å². The third-order valence-corrected chi connectivity index (χ3v) is 4.52. The molecule has 0 radical (unpaired) electrons. The molecule has 1 heteroatoms. The Hall–Kier alpha value is -0.980. The lowest BCUT2D eigenvalue weighted by Crippen LogP contribution is -2.23. The van der Waals surface area contributed by atoms with E-state index in [4.69, 9.17) is 0 Å². The van der Waals surface area contributed by atoms with Crippen molar-refractivity contribution in [3.05, 3.63) is 30.3 Å². The number of benzene rings is 1. The largest absolute Gasteiger partial charge is 0.372 e. The molecule has 0 unspecified atom stereocenters. The Morgan fingerprint density at radius 1 is 1.00 bits per heavy atom. The number of anilines is 1. The Morgan fingerprint density at radius 3 is 2.42 bits per heavy atom. The van der Waals surface area contributed by atoms with Gasteiger partial charge in [0, 0.05) is 18.8 Å². The van der Waals surface area contributed by atoms with Gasteiger partial charge < -0.3 is 4.90 Å². The van der Waals surface area contributed by atoms with Crippen LogP contribution in [-0.2, 0) is 0 Å². The van der Waals surface area contributed by atoms with E-state index in [1.165, 1.54) is 63.6 Å². The fraction of sp³-hybridized carbons (Fsp3) is 0.667. The average molecular weight is 259 g/mol. The highest BCUT2D eigenvalue weighted by molar-refractivity contribution is 5.45. The summed E-state index contributed by atoms with van der Waals surface area (Å²) in [5.74, 6) is 1.04. The molecular weight excluding hydrogens is 230 g/mol. The Morgan fingerprint density at radius 2 is 1.74 bits per heavy atom. The lowest BCUT2D eigenvalue weighted by atomic mass is 9.86. The maximum absolute atomic E-state index is 2.50. The number of rotatable bonds is 7. The van der Waals surface area contributed by atoms with Crippen LogP contribution in [0.2, 0.25) is 0 Å². The van der Waals surface area contributed by atoms with Gasteiger partial charge in [-0.2, -0.15) is 0 Å². The summed E-state index contributed by atoms with van der Waals surface area (Å²) in [6.07, 6.45) is 11.7. The fourth-order valence-corrected chi connectivity index (χ4v) is 3.32. The maximum atomic E-state index is 2.50. The van der Waals surface area contributed by atoms with Crippen molar-refractivity contribution in [2.75, 3.05) is 18.0 Å². The standard InChI is InChI=1S/C18H29N/c1-2-19(18-14-7-4-8-15-18)16-10-9-13-17-11-5-3-6-12-17/h4,7-8,14-15,17H,2-3,5-6,9-13,16H2,1H3. The first kappa shape index (κ1) is 14.4. The summed E-state index contributed by atoms with van der Waals surface area (Å²) >= 11 is 0. The molecule has 0 amide bonds. The first-order chi connectivity index (χ1) is 9.40. The van der Waals surface area contributed by atoms with Gasteiger partial charge >= 0.3 is 0 Å². The molecule has 0 heterocycles. The molecule has 1 nitrogen and oxygen atoms in total. The van der Waals surface area contributed by atoms with Crippen LogP contribution in [0.25, 0.3) is 0 Å². The predicted molar refractivity (Wildman–Crippen MR) is 84.8 cm³/mol. The van der Waals surface area contributed by atoms with Crippen LogP contribution in [0.15, 0.2) is 30.3 Å². The molecule has 0 spiro atoms. The molecule has 106 valence electrons. The van der Waals surface area contributed by atoms with Crippen molar-refractivity contribution in [2.45, 2.75) is 58.3 Å². The highest BCUT2D eigenvalue weighted by Gasteiger charge is 2.12. The second kappa shape index (κ2) is 8.24. The molecule has 1 aliphatic rings. The molecule has 1 fully saturated rings. The quantitative estimate of drug-likeness (QED) is 0.603. The summed E-state index contributed by atoms with van der Waals surface area (Å²) in [4.78, 5) is 2.50. The monoisotopic (exact) mass is 259 g/mol. The van der Waals surface area contributed by atoms with E-state index in [2.05, 4.69) is 42.2 Å². The predicted octanol–water partition coefficient (Wildman–Crippen LogP) is 5.26. The number of hydrogen-bond acceptors (Lipinski definition) is 1. The summed E-state index contributed by atoms with van der Waals surface area (Å²) in [6, 6.07) is 10.8. The van der Waals surface area contributed by atoms with E-state index in [0.717, 1.165) is 12.5 Å². The lowest BCUT2D eigenvalue weighted by Gasteiger charge is -2.24. The van der Waals surface area contributed by atoms with Gasteiger partial charge in [0.2, 0.25) is 0 Å². The van der Waals surface area contributed by atoms with Crippen molar-refractivity contribution >= 4 is 5.69 Å².